The molecular weight excluding hydrogens is 264 g/mol. The van der Waals surface area contributed by atoms with Gasteiger partial charge in [-0.15, -0.1) is 0 Å². The van der Waals surface area contributed by atoms with Gasteiger partial charge in [0, 0.05) is 6.92 Å². The zero-order valence-electron chi connectivity index (χ0n) is 9.65. The normalized spacial score (nSPS) is 34.8. The van der Waals surface area contributed by atoms with Gasteiger partial charge in [0.05, 0.1) is 17.8 Å². The maximum atomic E-state index is 10.7. The number of nitrogens with two attached hydrogens (primary N) is 1. The summed E-state index contributed by atoms with van der Waals surface area (Å²) >= 11 is 3.81. The number of nitrogens with one attached hydrogen (secondary N) is 1. The fourth-order valence-corrected chi connectivity index (χ4v) is 1.37. The SMILES string of the molecule is CC(=O)OC1O[C@H](CO)[C@H](O)[C@H](O)[C@H]1N.N=C=S. The Kier molecular flexibility index (Phi) is 7.80. The number of rotatable bonds is 2. The summed E-state index contributed by atoms with van der Waals surface area (Å²) in [5, 5.41) is 35.1. The number of carbonyl (C=O) groups excluding carboxylic acids is 1. The van der Waals surface area contributed by atoms with Crippen molar-refractivity contribution in [3.8, 4) is 0 Å². The first-order chi connectivity index (χ1) is 8.38. The fraction of sp³-hybridized carbons (Fsp3) is 0.778. The van der Waals surface area contributed by atoms with E-state index < -0.39 is 43.2 Å². The molecule has 0 amide bonds. The van der Waals surface area contributed by atoms with Crippen LogP contribution in [-0.4, -0.2) is 63.7 Å². The monoisotopic (exact) mass is 280 g/mol. The van der Waals surface area contributed by atoms with E-state index in [9.17, 15) is 15.0 Å². The van der Waals surface area contributed by atoms with E-state index >= 15 is 0 Å². The molecular formula is C9H16N2O6S. The summed E-state index contributed by atoms with van der Waals surface area (Å²) in [7, 11) is 0. The van der Waals surface area contributed by atoms with E-state index in [0.29, 0.717) is 0 Å². The van der Waals surface area contributed by atoms with Gasteiger partial charge in [0.25, 0.3) is 0 Å². The number of hydrogen-bond donors (Lipinski definition) is 5. The highest BCUT2D eigenvalue weighted by Crippen LogP contribution is 2.20. The number of thiocarbonyl (C=S) groups is 1. The van der Waals surface area contributed by atoms with Gasteiger partial charge in [0.2, 0.25) is 6.29 Å². The number of hydrogen-bond acceptors (Lipinski definition) is 9. The molecule has 0 aromatic rings. The second-order valence-corrected chi connectivity index (χ2v) is 3.70. The number of ether oxygens (including phenoxy) is 2. The highest BCUT2D eigenvalue weighted by molar-refractivity contribution is 7.78. The van der Waals surface area contributed by atoms with Gasteiger partial charge in [-0.25, -0.2) is 5.41 Å². The lowest BCUT2D eigenvalue weighted by molar-refractivity contribution is -0.258. The molecule has 0 aliphatic carbocycles. The zero-order chi connectivity index (χ0) is 14.3. The molecule has 1 saturated heterocycles. The van der Waals surface area contributed by atoms with E-state index in [1.807, 2.05) is 0 Å². The van der Waals surface area contributed by atoms with Crippen molar-refractivity contribution < 1.29 is 29.6 Å². The Hall–Kier alpha value is -0.930. The largest absolute Gasteiger partial charge is 0.434 e. The van der Waals surface area contributed by atoms with Gasteiger partial charge < -0.3 is 30.5 Å². The molecule has 104 valence electrons. The van der Waals surface area contributed by atoms with Crippen LogP contribution >= 0.6 is 12.2 Å². The highest BCUT2D eigenvalue weighted by Gasteiger charge is 2.43. The van der Waals surface area contributed by atoms with Crippen molar-refractivity contribution in [3.63, 3.8) is 0 Å². The van der Waals surface area contributed by atoms with Crippen molar-refractivity contribution in [2.75, 3.05) is 6.61 Å². The topological polar surface area (TPSA) is 146 Å². The molecule has 1 aliphatic heterocycles. The third-order valence-corrected chi connectivity index (χ3v) is 2.21. The minimum Gasteiger partial charge on any atom is -0.434 e. The third-order valence-electron chi connectivity index (χ3n) is 2.21. The summed E-state index contributed by atoms with van der Waals surface area (Å²) in [4.78, 5) is 10.7. The first-order valence-corrected chi connectivity index (χ1v) is 5.39. The predicted octanol–water partition coefficient (Wildman–Crippen LogP) is -2.02. The summed E-state index contributed by atoms with van der Waals surface area (Å²) in [5.41, 5.74) is 5.48. The van der Waals surface area contributed by atoms with Crippen molar-refractivity contribution in [3.05, 3.63) is 0 Å². The maximum Gasteiger partial charge on any atom is 0.304 e. The van der Waals surface area contributed by atoms with Crippen molar-refractivity contribution in [1.82, 2.24) is 0 Å². The van der Waals surface area contributed by atoms with Gasteiger partial charge in [0.15, 0.2) is 0 Å². The van der Waals surface area contributed by atoms with Crippen LogP contribution in [0, 0.1) is 5.41 Å². The second-order valence-electron chi connectivity index (χ2n) is 3.50. The number of aliphatic hydroxyl groups excluding tert-OH is 3. The van der Waals surface area contributed by atoms with Crippen molar-refractivity contribution >= 4 is 23.3 Å². The summed E-state index contributed by atoms with van der Waals surface area (Å²) in [5.74, 6) is -0.615. The molecule has 1 rings (SSSR count). The van der Waals surface area contributed by atoms with Gasteiger partial charge in [-0.05, 0) is 12.2 Å². The van der Waals surface area contributed by atoms with Crippen LogP contribution in [0.25, 0.3) is 0 Å². The van der Waals surface area contributed by atoms with E-state index in [1.54, 1.807) is 5.16 Å². The molecule has 0 bridgehead atoms. The second kappa shape index (κ2) is 8.22. The Labute approximate surface area is 109 Å². The van der Waals surface area contributed by atoms with Crippen LogP contribution < -0.4 is 5.73 Å². The maximum absolute atomic E-state index is 10.7. The van der Waals surface area contributed by atoms with Crippen molar-refractivity contribution in [1.29, 1.82) is 5.41 Å². The molecule has 1 unspecified atom stereocenters. The lowest BCUT2D eigenvalue weighted by Crippen LogP contribution is -2.62. The van der Waals surface area contributed by atoms with Crippen LogP contribution in [0.15, 0.2) is 0 Å². The minimum absolute atomic E-state index is 0.497. The molecule has 8 nitrogen and oxygen atoms in total. The lowest BCUT2D eigenvalue weighted by Gasteiger charge is -2.39. The van der Waals surface area contributed by atoms with Crippen LogP contribution in [0.1, 0.15) is 6.92 Å². The molecule has 0 saturated carbocycles. The van der Waals surface area contributed by atoms with E-state index in [4.69, 9.17) is 21.0 Å². The molecule has 1 heterocycles. The van der Waals surface area contributed by atoms with E-state index in [2.05, 4.69) is 17.0 Å². The molecule has 1 aliphatic rings. The third kappa shape index (κ3) is 4.75. The lowest BCUT2D eigenvalue weighted by atomic mass is 9.98. The number of isothiocyanates is 1. The Morgan fingerprint density at radius 1 is 1.56 bits per heavy atom. The summed E-state index contributed by atoms with van der Waals surface area (Å²) in [6.45, 7) is 0.671. The fourth-order valence-electron chi connectivity index (χ4n) is 1.37. The average Bonchev–Trinajstić information content (AvgIpc) is 2.30. The first-order valence-electron chi connectivity index (χ1n) is 4.98. The quantitative estimate of drug-likeness (QED) is 0.221. The predicted molar refractivity (Wildman–Crippen MR) is 62.8 cm³/mol. The minimum atomic E-state index is -1.31. The highest BCUT2D eigenvalue weighted by atomic mass is 32.1. The van der Waals surface area contributed by atoms with Crippen LogP contribution in [0.5, 0.6) is 0 Å². The van der Waals surface area contributed by atoms with Gasteiger partial charge >= 0.3 is 5.97 Å². The Balaban J connectivity index is 0.000000873. The molecule has 18 heavy (non-hydrogen) atoms. The molecule has 5 atom stereocenters. The number of esters is 1. The van der Waals surface area contributed by atoms with Gasteiger partial charge in [0.1, 0.15) is 18.3 Å². The Morgan fingerprint density at radius 2 is 2.06 bits per heavy atom. The molecule has 0 aromatic heterocycles. The Morgan fingerprint density at radius 3 is 2.44 bits per heavy atom. The van der Waals surface area contributed by atoms with Crippen LogP contribution in [-0.2, 0) is 14.3 Å². The summed E-state index contributed by atoms with van der Waals surface area (Å²) in [6.07, 6.45) is -4.76. The smallest absolute Gasteiger partial charge is 0.304 e. The van der Waals surface area contributed by atoms with Gasteiger partial charge in [-0.2, -0.15) is 0 Å². The molecule has 6 N–H and O–H groups in total. The van der Waals surface area contributed by atoms with Crippen molar-refractivity contribution in [2.24, 2.45) is 5.73 Å². The standard InChI is InChI=1S/C8H15NO6.CHNS/c1-3(11)14-8-5(9)7(13)6(12)4(2-10)15-8;2-1-3/h4-8,10,12-13H,2,9H2,1H3;2H/t4-,5-,6+,7-,8?;/m1./s1. The van der Waals surface area contributed by atoms with E-state index in [1.165, 1.54) is 6.92 Å². The zero-order valence-corrected chi connectivity index (χ0v) is 10.5. The van der Waals surface area contributed by atoms with Gasteiger partial charge in [-0.3, -0.25) is 4.79 Å². The van der Waals surface area contributed by atoms with Crippen LogP contribution in [0.3, 0.4) is 0 Å². The molecule has 0 aromatic carbocycles. The molecule has 1 fully saturated rings. The number of aliphatic hydroxyl groups is 3. The first kappa shape index (κ1) is 17.1. The average molecular weight is 280 g/mol. The number of carbonyl (C=O) groups is 1. The summed E-state index contributed by atoms with van der Waals surface area (Å²) in [6, 6.07) is -1.04. The van der Waals surface area contributed by atoms with E-state index in [-0.39, 0.29) is 0 Å². The van der Waals surface area contributed by atoms with Crippen molar-refractivity contribution in [2.45, 2.75) is 37.6 Å². The van der Waals surface area contributed by atoms with E-state index in [0.717, 1.165) is 0 Å². The summed E-state index contributed by atoms with van der Waals surface area (Å²) < 4.78 is 9.70. The Bertz CT molecular complexity index is 307. The van der Waals surface area contributed by atoms with Crippen LogP contribution in [0.2, 0.25) is 0 Å². The van der Waals surface area contributed by atoms with Crippen LogP contribution in [0.4, 0.5) is 0 Å². The van der Waals surface area contributed by atoms with Gasteiger partial charge in [-0.1, -0.05) is 0 Å². The molecule has 9 heteroatoms. The molecule has 0 radical (unpaired) electrons. The molecule has 0 spiro atoms.